The number of aliphatic hydroxyl groups is 2. The van der Waals surface area contributed by atoms with Crippen molar-refractivity contribution < 1.29 is 97.8 Å². The van der Waals surface area contributed by atoms with E-state index in [0.717, 1.165) is 13.8 Å². The summed E-state index contributed by atoms with van der Waals surface area (Å²) in [6.45, 7) is 4.55. The summed E-state index contributed by atoms with van der Waals surface area (Å²) in [6.07, 6.45) is -8.15. The van der Waals surface area contributed by atoms with Crippen LogP contribution in [-0.4, -0.2) is 193 Å². The third-order valence-corrected chi connectivity index (χ3v) is 11.7. The molecule has 0 aliphatic rings. The van der Waals surface area contributed by atoms with Crippen LogP contribution in [0.4, 0.5) is 0 Å². The Kier molecular flexibility index (Phi) is 30.7. The fourth-order valence-electron chi connectivity index (χ4n) is 7.37. The summed E-state index contributed by atoms with van der Waals surface area (Å²) in [5.41, 5.74) is 16.5. The minimum absolute atomic E-state index is 0.0199. The molecule has 0 saturated carbocycles. The van der Waals surface area contributed by atoms with Crippen molar-refractivity contribution in [3.8, 4) is 0 Å². The van der Waals surface area contributed by atoms with Gasteiger partial charge in [-0.3, -0.25) is 62.3 Å². The van der Waals surface area contributed by atoms with E-state index in [2.05, 4.69) is 47.9 Å². The van der Waals surface area contributed by atoms with E-state index in [-0.39, 0.29) is 19.4 Å². The van der Waals surface area contributed by atoms with Gasteiger partial charge in [-0.1, -0.05) is 44.2 Å². The van der Waals surface area contributed by atoms with Gasteiger partial charge in [-0.25, -0.2) is 4.79 Å². The Labute approximate surface area is 458 Å². The molecule has 0 radical (unpaired) electrons. The number of benzene rings is 1. The molecule has 0 fully saturated rings. The topological polar surface area (TPSA) is 547 Å². The van der Waals surface area contributed by atoms with E-state index in [9.17, 15) is 92.7 Å². The number of aliphatic carboxylic acids is 4. The van der Waals surface area contributed by atoms with Gasteiger partial charge in [0.25, 0.3) is 0 Å². The van der Waals surface area contributed by atoms with Gasteiger partial charge in [-0.15, -0.1) is 0 Å². The highest BCUT2D eigenvalue weighted by Crippen LogP contribution is 2.11. The molecule has 0 spiro atoms. The monoisotopic (exact) mass is 1140 g/mol. The van der Waals surface area contributed by atoms with Crippen LogP contribution >= 0.6 is 0 Å². The summed E-state index contributed by atoms with van der Waals surface area (Å²) in [7, 11) is 0. The van der Waals surface area contributed by atoms with Crippen LogP contribution in [0.15, 0.2) is 30.3 Å². The third kappa shape index (κ3) is 25.9. The third-order valence-electron chi connectivity index (χ3n) is 11.7. The Hall–Kier alpha value is -8.36. The minimum Gasteiger partial charge on any atom is -0.481 e. The van der Waals surface area contributed by atoms with E-state index < -0.39 is 201 Å². The van der Waals surface area contributed by atoms with Gasteiger partial charge in [0.15, 0.2) is 0 Å². The fraction of sp³-hybridized carbons (Fsp3) is 0.583. The molecule has 0 aromatic heterocycles. The summed E-state index contributed by atoms with van der Waals surface area (Å²) in [5, 5.41) is 79.3. The van der Waals surface area contributed by atoms with Crippen molar-refractivity contribution in [3.63, 3.8) is 0 Å². The summed E-state index contributed by atoms with van der Waals surface area (Å²) < 4.78 is 0. The molecule has 0 bridgehead atoms. The maximum atomic E-state index is 14.1. The highest BCUT2D eigenvalue weighted by Gasteiger charge is 2.38. The molecule has 0 aliphatic heterocycles. The Morgan fingerprint density at radius 2 is 0.850 bits per heavy atom. The van der Waals surface area contributed by atoms with Gasteiger partial charge in [-0.2, -0.15) is 0 Å². The van der Waals surface area contributed by atoms with Gasteiger partial charge in [0.1, 0.15) is 54.4 Å². The predicted octanol–water partition coefficient (Wildman–Crippen LogP) is -6.74. The SMILES string of the molecule is CC(C)[C@H](NC(=O)[C@H](CC(=O)O)NC(=O)[C@@H](NC(=O)[C@H](CCC(=O)O)NC(=O)[C@@H](NC(=O)[C@H](Cc1ccccc1)NC(=O)[C@H](CC(N)=O)NC(=O)[C@H](CCC(=O)O)NC(=O)CN)[C@@H](C)O)[C@@H](C)O)C(=O)N[C@@H](CCCCN)C(=O)O. The molecule has 0 saturated heterocycles. The number of nitrogens with two attached hydrogens (primary N) is 3. The van der Waals surface area contributed by atoms with Crippen LogP contribution in [-0.2, 0) is 73.5 Å². The Bertz CT molecular complexity index is 2360. The van der Waals surface area contributed by atoms with E-state index >= 15 is 0 Å². The maximum absolute atomic E-state index is 14.1. The number of aliphatic hydroxyl groups excluding tert-OH is 2. The standard InChI is InChI=1S/C48H74N12O20/c1-22(2)37(45(76)54-28(48(79)80)12-8-9-17-49)58-44(75)31(20-36(69)70)57-47(78)39(24(4)62)59-41(72)27(14-16-35(67)68)53-46(77)38(23(3)61)60-43(74)29(18-25-10-6-5-7-11-25)55-42(73)30(19-32(51)63)56-40(71)26(13-15-34(65)66)52-33(64)21-50/h5-7,10-11,22-24,26-31,37-39,61-62H,8-9,12-21,49-50H2,1-4H3,(H2,51,63)(H,52,64)(H,53,77)(H,54,76)(H,55,73)(H,56,71)(H,57,78)(H,58,75)(H,59,72)(H,60,74)(H,65,66)(H,67,68)(H,69,70)(H,79,80)/t23-,24-,26+,27+,28+,29+,30+,31+,37+,38+,39+/m1/s1. The molecule has 0 aliphatic carbocycles. The number of carboxylic acids is 4. The second kappa shape index (κ2) is 35.2. The first-order chi connectivity index (χ1) is 37.4. The molecule has 11 atom stereocenters. The lowest BCUT2D eigenvalue weighted by atomic mass is 10.0. The quantitative estimate of drug-likeness (QED) is 0.0274. The summed E-state index contributed by atoms with van der Waals surface area (Å²) in [6, 6.07) is -8.45. The van der Waals surface area contributed by atoms with Gasteiger partial charge >= 0.3 is 23.9 Å². The van der Waals surface area contributed by atoms with Gasteiger partial charge in [0, 0.05) is 19.3 Å². The van der Waals surface area contributed by atoms with Crippen molar-refractivity contribution in [3.05, 3.63) is 35.9 Å². The van der Waals surface area contributed by atoms with Crippen molar-refractivity contribution in [1.29, 1.82) is 0 Å². The smallest absolute Gasteiger partial charge is 0.326 e. The number of hydrogen-bond donors (Lipinski definition) is 18. The van der Waals surface area contributed by atoms with Gasteiger partial charge in [-0.05, 0) is 64.0 Å². The van der Waals surface area contributed by atoms with E-state index in [4.69, 9.17) is 22.3 Å². The number of carbonyl (C=O) groups is 14. The van der Waals surface area contributed by atoms with Gasteiger partial charge in [0.05, 0.1) is 31.6 Å². The number of amides is 10. The van der Waals surface area contributed by atoms with E-state index in [1.165, 1.54) is 26.0 Å². The molecule has 0 heterocycles. The Morgan fingerprint density at radius 1 is 0.450 bits per heavy atom. The molecule has 21 N–H and O–H groups in total. The highest BCUT2D eigenvalue weighted by atomic mass is 16.4. The number of primary amides is 1. The second-order valence-corrected chi connectivity index (χ2v) is 18.8. The predicted molar refractivity (Wildman–Crippen MR) is 275 cm³/mol. The van der Waals surface area contributed by atoms with E-state index in [1.807, 2.05) is 0 Å². The van der Waals surface area contributed by atoms with E-state index in [0.29, 0.717) is 18.4 Å². The zero-order chi connectivity index (χ0) is 61.0. The Balaban J connectivity index is 3.54. The highest BCUT2D eigenvalue weighted by molar-refractivity contribution is 6.00. The number of hydrogen-bond acceptors (Lipinski definition) is 18. The first-order valence-electron chi connectivity index (χ1n) is 25.1. The molecular weight excluding hydrogens is 1060 g/mol. The lowest BCUT2D eigenvalue weighted by Gasteiger charge is -2.29. The molecule has 1 aromatic carbocycles. The van der Waals surface area contributed by atoms with Crippen LogP contribution in [0, 0.1) is 5.92 Å². The fourth-order valence-corrected chi connectivity index (χ4v) is 7.37. The number of nitrogens with one attached hydrogen (secondary N) is 9. The summed E-state index contributed by atoms with van der Waals surface area (Å²) >= 11 is 0. The number of unbranched alkanes of at least 4 members (excludes halogenated alkanes) is 1. The van der Waals surface area contributed by atoms with Crippen LogP contribution in [0.25, 0.3) is 0 Å². The zero-order valence-electron chi connectivity index (χ0n) is 44.4. The van der Waals surface area contributed by atoms with E-state index in [1.54, 1.807) is 18.2 Å². The molecule has 446 valence electrons. The van der Waals surface area contributed by atoms with Crippen molar-refractivity contribution in [1.82, 2.24) is 47.9 Å². The second-order valence-electron chi connectivity index (χ2n) is 18.8. The average Bonchev–Trinajstić information content (AvgIpc) is 3.36. The number of rotatable bonds is 38. The van der Waals surface area contributed by atoms with Crippen LogP contribution in [0.5, 0.6) is 0 Å². The van der Waals surface area contributed by atoms with Crippen molar-refractivity contribution in [2.24, 2.45) is 23.1 Å². The maximum Gasteiger partial charge on any atom is 0.326 e. The van der Waals surface area contributed by atoms with Crippen LogP contribution in [0.1, 0.15) is 91.0 Å². The summed E-state index contributed by atoms with van der Waals surface area (Å²) in [4.78, 5) is 180. The molecule has 80 heavy (non-hydrogen) atoms. The van der Waals surface area contributed by atoms with Crippen LogP contribution in [0.2, 0.25) is 0 Å². The van der Waals surface area contributed by atoms with Crippen molar-refractivity contribution in [2.45, 2.75) is 158 Å². The van der Waals surface area contributed by atoms with Crippen molar-refractivity contribution in [2.75, 3.05) is 13.1 Å². The molecule has 10 amide bonds. The summed E-state index contributed by atoms with van der Waals surface area (Å²) in [5.74, 6) is -18.7. The largest absolute Gasteiger partial charge is 0.481 e. The Morgan fingerprint density at radius 3 is 1.30 bits per heavy atom. The van der Waals surface area contributed by atoms with Gasteiger partial charge < -0.3 is 95.7 Å². The van der Waals surface area contributed by atoms with Gasteiger partial charge in [0.2, 0.25) is 59.1 Å². The normalized spacial score (nSPS) is 15.1. The van der Waals surface area contributed by atoms with Crippen LogP contribution in [0.3, 0.4) is 0 Å². The van der Waals surface area contributed by atoms with Crippen LogP contribution < -0.4 is 65.1 Å². The minimum atomic E-state index is -2.09. The lowest BCUT2D eigenvalue weighted by Crippen LogP contribution is -2.63. The molecular formula is C48H74N12O20. The zero-order valence-corrected chi connectivity index (χ0v) is 44.4. The number of carboxylic acid groups (broad SMARTS) is 4. The lowest BCUT2D eigenvalue weighted by molar-refractivity contribution is -0.144. The average molecular weight is 1140 g/mol. The molecule has 32 nitrogen and oxygen atoms in total. The molecule has 32 heteroatoms. The first-order valence-corrected chi connectivity index (χ1v) is 25.1. The van der Waals surface area contributed by atoms with Crippen molar-refractivity contribution >= 4 is 82.9 Å². The number of carbonyl (C=O) groups excluding carboxylic acids is 10. The molecule has 1 rings (SSSR count). The molecule has 1 aromatic rings. The first kappa shape index (κ1) is 69.7. The molecule has 0 unspecified atom stereocenters.